The fourth-order valence-corrected chi connectivity index (χ4v) is 3.60. The number of carbonyl (C=O) groups excluding carboxylic acids is 1. The van der Waals surface area contributed by atoms with Gasteiger partial charge in [0.1, 0.15) is 0 Å². The number of nitrogens with zero attached hydrogens (tertiary/aromatic N) is 4. The first-order valence-electron chi connectivity index (χ1n) is 9.02. The monoisotopic (exact) mass is 503 g/mol. The maximum atomic E-state index is 12.7. The second-order valence-corrected chi connectivity index (χ2v) is 8.39. The van der Waals surface area contributed by atoms with Crippen LogP contribution in [0.25, 0.3) is 0 Å². The topological polar surface area (TPSA) is 64.7 Å². The van der Waals surface area contributed by atoms with Crippen LogP contribution in [0, 0.1) is 0 Å². The number of hydrogen-bond acceptors (Lipinski definition) is 3. The zero-order valence-electron chi connectivity index (χ0n) is 15.6. The summed E-state index contributed by atoms with van der Waals surface area (Å²) in [4.78, 5) is 12.7. The van der Waals surface area contributed by atoms with Gasteiger partial charge >= 0.3 is 0 Å². The standard InChI is InChI=1S/C21H16BrCl2N5O/c22-17-10-25-29(13-17)12-14-2-1-3-16(8-14)21(30)26-20-6-7-28(27-20)11-15-4-5-18(23)19(24)9-15/h1-10,13H,11-12H2,(H,26,27,30). The molecule has 152 valence electrons. The average molecular weight is 505 g/mol. The Morgan fingerprint density at radius 1 is 1.00 bits per heavy atom. The van der Waals surface area contributed by atoms with Gasteiger partial charge in [-0.1, -0.05) is 41.4 Å². The summed E-state index contributed by atoms with van der Waals surface area (Å²) in [7, 11) is 0. The summed E-state index contributed by atoms with van der Waals surface area (Å²) in [6, 6.07) is 14.6. The van der Waals surface area contributed by atoms with Crippen LogP contribution >= 0.6 is 39.1 Å². The van der Waals surface area contributed by atoms with Crippen molar-refractivity contribution >= 4 is 50.9 Å². The van der Waals surface area contributed by atoms with Crippen molar-refractivity contribution in [2.24, 2.45) is 0 Å². The van der Waals surface area contributed by atoms with E-state index in [0.29, 0.717) is 34.5 Å². The third kappa shape index (κ3) is 5.11. The van der Waals surface area contributed by atoms with E-state index in [0.717, 1.165) is 15.6 Å². The minimum atomic E-state index is -0.224. The van der Waals surface area contributed by atoms with Crippen LogP contribution in [0.15, 0.2) is 71.6 Å². The third-order valence-electron chi connectivity index (χ3n) is 4.35. The Bertz CT molecular complexity index is 1200. The van der Waals surface area contributed by atoms with Crippen molar-refractivity contribution in [3.63, 3.8) is 0 Å². The molecule has 6 nitrogen and oxygen atoms in total. The van der Waals surface area contributed by atoms with Gasteiger partial charge in [0.2, 0.25) is 0 Å². The van der Waals surface area contributed by atoms with Crippen LogP contribution in [0.4, 0.5) is 5.82 Å². The molecule has 0 spiro atoms. The summed E-state index contributed by atoms with van der Waals surface area (Å²) >= 11 is 15.4. The van der Waals surface area contributed by atoms with Gasteiger partial charge in [-0.25, -0.2) is 0 Å². The molecule has 0 aliphatic rings. The summed E-state index contributed by atoms with van der Waals surface area (Å²) in [5.74, 6) is 0.250. The van der Waals surface area contributed by atoms with Gasteiger partial charge < -0.3 is 5.32 Å². The van der Waals surface area contributed by atoms with Gasteiger partial charge in [0, 0.05) is 24.0 Å². The lowest BCUT2D eigenvalue weighted by molar-refractivity contribution is 0.102. The van der Waals surface area contributed by atoms with E-state index in [-0.39, 0.29) is 5.91 Å². The van der Waals surface area contributed by atoms with Crippen LogP contribution in [0.3, 0.4) is 0 Å². The van der Waals surface area contributed by atoms with E-state index in [1.807, 2.05) is 30.5 Å². The average Bonchev–Trinajstić information content (AvgIpc) is 3.33. The molecule has 2 heterocycles. The van der Waals surface area contributed by atoms with Crippen molar-refractivity contribution in [3.8, 4) is 0 Å². The third-order valence-corrected chi connectivity index (χ3v) is 5.49. The summed E-state index contributed by atoms with van der Waals surface area (Å²) in [5, 5.41) is 12.5. The zero-order chi connectivity index (χ0) is 21.1. The smallest absolute Gasteiger partial charge is 0.256 e. The van der Waals surface area contributed by atoms with Crippen LogP contribution in [0.2, 0.25) is 10.0 Å². The molecule has 2 aromatic carbocycles. The molecular weight excluding hydrogens is 489 g/mol. The highest BCUT2D eigenvalue weighted by molar-refractivity contribution is 9.10. The number of benzene rings is 2. The molecule has 0 aliphatic carbocycles. The quantitative estimate of drug-likeness (QED) is 0.377. The van der Waals surface area contributed by atoms with Crippen molar-refractivity contribution in [1.82, 2.24) is 19.6 Å². The van der Waals surface area contributed by atoms with E-state index >= 15 is 0 Å². The van der Waals surface area contributed by atoms with Gasteiger partial charge in [-0.3, -0.25) is 14.2 Å². The van der Waals surface area contributed by atoms with Crippen molar-refractivity contribution in [2.75, 3.05) is 5.32 Å². The van der Waals surface area contributed by atoms with E-state index in [1.165, 1.54) is 0 Å². The molecule has 0 unspecified atom stereocenters. The van der Waals surface area contributed by atoms with Crippen LogP contribution in [-0.2, 0) is 13.1 Å². The molecule has 4 rings (SSSR count). The lowest BCUT2D eigenvalue weighted by Gasteiger charge is -2.06. The highest BCUT2D eigenvalue weighted by Crippen LogP contribution is 2.23. The molecular formula is C21H16BrCl2N5O. The van der Waals surface area contributed by atoms with E-state index in [1.54, 1.807) is 46.0 Å². The molecule has 4 aromatic rings. The van der Waals surface area contributed by atoms with Gasteiger partial charge in [0.15, 0.2) is 5.82 Å². The number of anilines is 1. The Hall–Kier alpha value is -2.61. The number of nitrogens with one attached hydrogen (secondary N) is 1. The Balaban J connectivity index is 1.41. The van der Waals surface area contributed by atoms with Crippen LogP contribution in [0.1, 0.15) is 21.5 Å². The second-order valence-electron chi connectivity index (χ2n) is 6.66. The highest BCUT2D eigenvalue weighted by atomic mass is 79.9. The molecule has 2 aromatic heterocycles. The van der Waals surface area contributed by atoms with Crippen LogP contribution < -0.4 is 5.32 Å². The summed E-state index contributed by atoms with van der Waals surface area (Å²) in [6.07, 6.45) is 5.41. The van der Waals surface area contributed by atoms with Crippen molar-refractivity contribution in [2.45, 2.75) is 13.1 Å². The molecule has 0 aliphatic heterocycles. The highest BCUT2D eigenvalue weighted by Gasteiger charge is 2.10. The lowest BCUT2D eigenvalue weighted by atomic mass is 10.1. The van der Waals surface area contributed by atoms with Crippen molar-refractivity contribution < 1.29 is 4.79 Å². The first-order valence-corrected chi connectivity index (χ1v) is 10.6. The van der Waals surface area contributed by atoms with Gasteiger partial charge in [-0.15, -0.1) is 0 Å². The number of amides is 1. The van der Waals surface area contributed by atoms with Gasteiger partial charge in [-0.05, 0) is 51.3 Å². The Morgan fingerprint density at radius 2 is 1.80 bits per heavy atom. The number of rotatable bonds is 6. The van der Waals surface area contributed by atoms with Crippen LogP contribution in [0.5, 0.6) is 0 Å². The Labute approximate surface area is 191 Å². The van der Waals surface area contributed by atoms with E-state index in [4.69, 9.17) is 23.2 Å². The molecule has 30 heavy (non-hydrogen) atoms. The Kier molecular flexibility index (Phi) is 6.22. The molecule has 1 N–H and O–H groups in total. The maximum absolute atomic E-state index is 12.7. The first kappa shape index (κ1) is 20.7. The molecule has 0 saturated heterocycles. The zero-order valence-corrected chi connectivity index (χ0v) is 18.7. The van der Waals surface area contributed by atoms with Crippen molar-refractivity contribution in [1.29, 1.82) is 0 Å². The number of halogens is 3. The van der Waals surface area contributed by atoms with E-state index in [9.17, 15) is 4.79 Å². The van der Waals surface area contributed by atoms with Crippen LogP contribution in [-0.4, -0.2) is 25.5 Å². The lowest BCUT2D eigenvalue weighted by Crippen LogP contribution is -2.13. The van der Waals surface area contributed by atoms with Gasteiger partial charge in [0.05, 0.1) is 33.8 Å². The molecule has 0 saturated carbocycles. The summed E-state index contributed by atoms with van der Waals surface area (Å²) in [5.41, 5.74) is 2.49. The minimum Gasteiger partial charge on any atom is -0.305 e. The van der Waals surface area contributed by atoms with Gasteiger partial charge in [0.25, 0.3) is 5.91 Å². The number of aromatic nitrogens is 4. The van der Waals surface area contributed by atoms with E-state index < -0.39 is 0 Å². The first-order chi connectivity index (χ1) is 14.5. The normalized spacial score (nSPS) is 10.9. The fourth-order valence-electron chi connectivity index (χ4n) is 2.95. The predicted molar refractivity (Wildman–Crippen MR) is 121 cm³/mol. The van der Waals surface area contributed by atoms with Crippen molar-refractivity contribution in [3.05, 3.63) is 98.3 Å². The predicted octanol–water partition coefficient (Wildman–Crippen LogP) is 5.50. The Morgan fingerprint density at radius 3 is 2.57 bits per heavy atom. The molecule has 0 fully saturated rings. The molecule has 0 atom stereocenters. The minimum absolute atomic E-state index is 0.224. The molecule has 9 heteroatoms. The number of hydrogen-bond donors (Lipinski definition) is 1. The van der Waals surface area contributed by atoms with Gasteiger partial charge in [-0.2, -0.15) is 10.2 Å². The molecule has 1 amide bonds. The largest absolute Gasteiger partial charge is 0.305 e. The molecule has 0 radical (unpaired) electrons. The van der Waals surface area contributed by atoms with E-state index in [2.05, 4.69) is 31.4 Å². The molecule has 0 bridgehead atoms. The fraction of sp³-hybridized carbons (Fsp3) is 0.0952. The summed E-state index contributed by atoms with van der Waals surface area (Å²) in [6.45, 7) is 1.09. The number of carbonyl (C=O) groups is 1. The summed E-state index contributed by atoms with van der Waals surface area (Å²) < 4.78 is 4.43. The maximum Gasteiger partial charge on any atom is 0.256 e. The SMILES string of the molecule is O=C(Nc1ccn(Cc2ccc(Cl)c(Cl)c2)n1)c1cccc(Cn2cc(Br)cn2)c1. The second kappa shape index (κ2) is 9.04.